The van der Waals surface area contributed by atoms with E-state index < -0.39 is 0 Å². The van der Waals surface area contributed by atoms with Gasteiger partial charge in [-0.05, 0) is 36.5 Å². The van der Waals surface area contributed by atoms with Crippen LogP contribution in [0.4, 0.5) is 4.39 Å². The average molecular weight is 343 g/mol. The normalized spacial score (nSPS) is 21.5. The summed E-state index contributed by atoms with van der Waals surface area (Å²) in [4.78, 5) is 2.58. The Balaban J connectivity index is 0.00000192. The molecule has 2 aliphatic rings. The molecule has 0 spiro atoms. The van der Waals surface area contributed by atoms with Crippen LogP contribution in [0, 0.1) is 11.7 Å². The zero-order valence-corrected chi connectivity index (χ0v) is 14.7. The van der Waals surface area contributed by atoms with Gasteiger partial charge in [0.2, 0.25) is 0 Å². The Morgan fingerprint density at radius 2 is 1.87 bits per heavy atom. The smallest absolute Gasteiger partial charge is 0.165 e. The summed E-state index contributed by atoms with van der Waals surface area (Å²) in [6.07, 6.45) is 6.58. The van der Waals surface area contributed by atoms with Gasteiger partial charge in [0.25, 0.3) is 0 Å². The number of piperazine rings is 1. The van der Waals surface area contributed by atoms with Gasteiger partial charge in [0.15, 0.2) is 11.6 Å². The minimum Gasteiger partial charge on any atom is -0.494 e. The van der Waals surface area contributed by atoms with Crippen molar-refractivity contribution in [3.63, 3.8) is 0 Å². The predicted octanol–water partition coefficient (Wildman–Crippen LogP) is 3.78. The minimum absolute atomic E-state index is 0. The van der Waals surface area contributed by atoms with Crippen molar-refractivity contribution in [2.24, 2.45) is 5.92 Å². The lowest BCUT2D eigenvalue weighted by molar-refractivity contribution is 0.103. The first-order valence-electron chi connectivity index (χ1n) is 8.58. The Morgan fingerprint density at radius 1 is 1.17 bits per heavy atom. The van der Waals surface area contributed by atoms with Gasteiger partial charge in [-0.15, -0.1) is 12.4 Å². The summed E-state index contributed by atoms with van der Waals surface area (Å²) in [6.45, 7) is 4.23. The Bertz CT molecular complexity index is 470. The van der Waals surface area contributed by atoms with Crippen LogP contribution in [0.15, 0.2) is 18.2 Å². The second-order valence-corrected chi connectivity index (χ2v) is 6.52. The first kappa shape index (κ1) is 18.5. The predicted molar refractivity (Wildman–Crippen MR) is 94.0 cm³/mol. The van der Waals surface area contributed by atoms with Crippen molar-refractivity contribution in [2.75, 3.05) is 33.3 Å². The van der Waals surface area contributed by atoms with Gasteiger partial charge in [0.05, 0.1) is 7.11 Å². The zero-order valence-electron chi connectivity index (χ0n) is 13.9. The van der Waals surface area contributed by atoms with Crippen molar-refractivity contribution >= 4 is 12.4 Å². The molecule has 1 heterocycles. The first-order chi connectivity index (χ1) is 10.8. The van der Waals surface area contributed by atoms with E-state index in [1.807, 2.05) is 12.1 Å². The van der Waals surface area contributed by atoms with Crippen LogP contribution in [-0.4, -0.2) is 38.2 Å². The van der Waals surface area contributed by atoms with Gasteiger partial charge in [-0.3, -0.25) is 4.90 Å². The van der Waals surface area contributed by atoms with Crippen LogP contribution < -0.4 is 10.1 Å². The van der Waals surface area contributed by atoms with E-state index in [2.05, 4.69) is 10.2 Å². The molecule has 1 saturated carbocycles. The van der Waals surface area contributed by atoms with Gasteiger partial charge in [-0.2, -0.15) is 0 Å². The molecule has 5 heteroatoms. The largest absolute Gasteiger partial charge is 0.494 e. The van der Waals surface area contributed by atoms with Crippen molar-refractivity contribution in [2.45, 2.75) is 38.1 Å². The number of halogens is 2. The van der Waals surface area contributed by atoms with Gasteiger partial charge >= 0.3 is 0 Å². The number of nitrogens with one attached hydrogen (secondary N) is 1. The Morgan fingerprint density at radius 3 is 2.52 bits per heavy atom. The van der Waals surface area contributed by atoms with Crippen LogP contribution in [0.2, 0.25) is 0 Å². The Labute approximate surface area is 145 Å². The number of rotatable bonds is 4. The minimum atomic E-state index is -0.269. The molecule has 1 saturated heterocycles. The highest BCUT2D eigenvalue weighted by atomic mass is 35.5. The van der Waals surface area contributed by atoms with Crippen molar-refractivity contribution in [3.05, 3.63) is 29.6 Å². The van der Waals surface area contributed by atoms with E-state index in [0.717, 1.165) is 26.2 Å². The number of methoxy groups -OCH3 is 1. The molecule has 0 amide bonds. The highest BCUT2D eigenvalue weighted by Gasteiger charge is 2.31. The quantitative estimate of drug-likeness (QED) is 0.901. The van der Waals surface area contributed by atoms with E-state index >= 15 is 0 Å². The maximum atomic E-state index is 13.8. The van der Waals surface area contributed by atoms with Crippen LogP contribution in [-0.2, 0) is 0 Å². The van der Waals surface area contributed by atoms with Crippen LogP contribution in [0.3, 0.4) is 0 Å². The summed E-state index contributed by atoms with van der Waals surface area (Å²) in [7, 11) is 1.54. The summed E-state index contributed by atoms with van der Waals surface area (Å²) in [5, 5.41) is 3.43. The average Bonchev–Trinajstić information content (AvgIpc) is 2.58. The van der Waals surface area contributed by atoms with E-state index in [1.165, 1.54) is 37.7 Å². The SMILES string of the molecule is COc1cc([C@@H](C2CCCCC2)N2CCNCC2)ccc1F.Cl. The van der Waals surface area contributed by atoms with E-state index in [4.69, 9.17) is 4.74 Å². The zero-order chi connectivity index (χ0) is 15.4. The molecule has 3 nitrogen and oxygen atoms in total. The van der Waals surface area contributed by atoms with Crippen molar-refractivity contribution in [1.29, 1.82) is 0 Å². The molecule has 130 valence electrons. The monoisotopic (exact) mass is 342 g/mol. The second kappa shape index (κ2) is 8.86. The molecule has 1 atom stereocenters. The van der Waals surface area contributed by atoms with Crippen LogP contribution in [0.1, 0.15) is 43.7 Å². The number of ether oxygens (including phenoxy) is 1. The fourth-order valence-corrected chi connectivity index (χ4v) is 4.05. The molecular weight excluding hydrogens is 315 g/mol. The first-order valence-corrected chi connectivity index (χ1v) is 8.58. The highest BCUT2D eigenvalue weighted by Crippen LogP contribution is 2.39. The van der Waals surface area contributed by atoms with Gasteiger partial charge < -0.3 is 10.1 Å². The van der Waals surface area contributed by atoms with Crippen molar-refractivity contribution in [1.82, 2.24) is 10.2 Å². The van der Waals surface area contributed by atoms with Crippen LogP contribution in [0.5, 0.6) is 5.75 Å². The van der Waals surface area contributed by atoms with Gasteiger partial charge in [0.1, 0.15) is 0 Å². The molecule has 2 fully saturated rings. The molecule has 1 aromatic rings. The molecule has 0 unspecified atom stereocenters. The number of hydrogen-bond donors (Lipinski definition) is 1. The summed E-state index contributed by atoms with van der Waals surface area (Å²) >= 11 is 0. The molecule has 0 radical (unpaired) electrons. The van der Waals surface area contributed by atoms with E-state index in [1.54, 1.807) is 13.2 Å². The highest BCUT2D eigenvalue weighted by molar-refractivity contribution is 5.85. The van der Waals surface area contributed by atoms with E-state index in [0.29, 0.717) is 17.7 Å². The summed E-state index contributed by atoms with van der Waals surface area (Å²) in [5.74, 6) is 0.782. The molecule has 0 bridgehead atoms. The van der Waals surface area contributed by atoms with Gasteiger partial charge in [-0.25, -0.2) is 4.39 Å². The standard InChI is InChI=1S/C18H27FN2O.ClH/c1-22-17-13-15(7-8-16(17)19)18(14-5-3-2-4-6-14)21-11-9-20-10-12-21;/h7-8,13-14,18,20H,2-6,9-12H2,1H3;1H/t18-;/m1./s1. The topological polar surface area (TPSA) is 24.5 Å². The summed E-state index contributed by atoms with van der Waals surface area (Å²) in [6, 6.07) is 5.83. The molecule has 3 rings (SSSR count). The molecule has 23 heavy (non-hydrogen) atoms. The molecule has 0 aromatic heterocycles. The lowest BCUT2D eigenvalue weighted by Crippen LogP contribution is -2.47. The molecular formula is C18H28ClFN2O. The summed E-state index contributed by atoms with van der Waals surface area (Å²) in [5.41, 5.74) is 1.21. The third-order valence-electron chi connectivity index (χ3n) is 5.16. The maximum Gasteiger partial charge on any atom is 0.165 e. The Hall–Kier alpha value is -0.840. The fraction of sp³-hybridized carbons (Fsp3) is 0.667. The number of hydrogen-bond acceptors (Lipinski definition) is 3. The number of benzene rings is 1. The molecule has 1 aliphatic carbocycles. The fourth-order valence-electron chi connectivity index (χ4n) is 4.05. The van der Waals surface area contributed by atoms with Crippen molar-refractivity contribution < 1.29 is 9.13 Å². The number of nitrogens with zero attached hydrogens (tertiary/aromatic N) is 1. The summed E-state index contributed by atoms with van der Waals surface area (Å²) < 4.78 is 19.0. The van der Waals surface area contributed by atoms with Gasteiger partial charge in [0, 0.05) is 32.2 Å². The molecule has 1 aromatic carbocycles. The lowest BCUT2D eigenvalue weighted by Gasteiger charge is -2.41. The third-order valence-corrected chi connectivity index (χ3v) is 5.16. The van der Waals surface area contributed by atoms with E-state index in [-0.39, 0.29) is 18.2 Å². The Kier molecular flexibility index (Phi) is 7.12. The lowest BCUT2D eigenvalue weighted by atomic mass is 9.80. The molecule has 1 N–H and O–H groups in total. The molecule has 1 aliphatic heterocycles. The van der Waals surface area contributed by atoms with Crippen molar-refractivity contribution in [3.8, 4) is 5.75 Å². The van der Waals surface area contributed by atoms with E-state index in [9.17, 15) is 4.39 Å². The van der Waals surface area contributed by atoms with Gasteiger partial charge in [-0.1, -0.05) is 25.3 Å². The second-order valence-electron chi connectivity index (χ2n) is 6.52. The maximum absolute atomic E-state index is 13.8. The van der Waals surface area contributed by atoms with Crippen LogP contribution in [0.25, 0.3) is 0 Å². The third kappa shape index (κ3) is 4.37. The van der Waals surface area contributed by atoms with Crippen LogP contribution >= 0.6 is 12.4 Å².